The number of rotatable bonds is 2. The number of nitrogens with two attached hydrogens (primary N) is 1. The van der Waals surface area contributed by atoms with Gasteiger partial charge in [-0.15, -0.1) is 0 Å². The number of urea groups is 1. The summed E-state index contributed by atoms with van der Waals surface area (Å²) in [4.78, 5) is 21.6. The molecule has 0 aliphatic carbocycles. The topological polar surface area (TPSA) is 93.4 Å². The maximum atomic E-state index is 11.3. The summed E-state index contributed by atoms with van der Waals surface area (Å²) in [6.07, 6.45) is 0. The highest BCUT2D eigenvalue weighted by Crippen LogP contribution is 2.10. The Morgan fingerprint density at radius 3 is 2.27 bits per heavy atom. The van der Waals surface area contributed by atoms with E-state index < -0.39 is 11.9 Å². The SMILES string of the molecule is COc1ccc(C(=O)NNC(N)=O)cc1. The molecule has 1 rings (SSSR count). The van der Waals surface area contributed by atoms with E-state index in [2.05, 4.69) is 5.43 Å². The van der Waals surface area contributed by atoms with Gasteiger partial charge in [0.05, 0.1) is 7.11 Å². The molecule has 3 amide bonds. The number of amides is 3. The first kappa shape index (κ1) is 10.8. The number of carbonyl (C=O) groups is 2. The first-order chi connectivity index (χ1) is 7.13. The van der Waals surface area contributed by atoms with Crippen molar-refractivity contribution in [1.82, 2.24) is 10.9 Å². The molecule has 0 saturated carbocycles. The third-order valence-corrected chi connectivity index (χ3v) is 1.65. The number of hydrogen-bond donors (Lipinski definition) is 3. The number of methoxy groups -OCH3 is 1. The van der Waals surface area contributed by atoms with Crippen LogP contribution < -0.4 is 21.3 Å². The molecule has 0 unspecified atom stereocenters. The van der Waals surface area contributed by atoms with Gasteiger partial charge in [0.2, 0.25) is 0 Å². The second kappa shape index (κ2) is 4.85. The van der Waals surface area contributed by atoms with Crippen LogP contribution in [0.2, 0.25) is 0 Å². The number of hydrogen-bond acceptors (Lipinski definition) is 3. The van der Waals surface area contributed by atoms with Gasteiger partial charge in [-0.05, 0) is 24.3 Å². The number of benzene rings is 1. The Balaban J connectivity index is 2.62. The van der Waals surface area contributed by atoms with Gasteiger partial charge in [0.25, 0.3) is 5.91 Å². The summed E-state index contributed by atoms with van der Waals surface area (Å²) in [6, 6.07) is 5.59. The largest absolute Gasteiger partial charge is 0.497 e. The number of nitrogens with one attached hydrogen (secondary N) is 2. The molecule has 0 heterocycles. The van der Waals surface area contributed by atoms with Crippen LogP contribution in [0.1, 0.15) is 10.4 Å². The maximum Gasteiger partial charge on any atom is 0.330 e. The molecule has 0 bridgehead atoms. The fraction of sp³-hybridized carbons (Fsp3) is 0.111. The third-order valence-electron chi connectivity index (χ3n) is 1.65. The molecule has 0 aliphatic rings. The van der Waals surface area contributed by atoms with E-state index in [1.165, 1.54) is 7.11 Å². The molecule has 1 aromatic rings. The Morgan fingerprint density at radius 1 is 1.20 bits per heavy atom. The van der Waals surface area contributed by atoms with Crippen LogP contribution in [-0.2, 0) is 0 Å². The predicted molar refractivity (Wildman–Crippen MR) is 53.2 cm³/mol. The third kappa shape index (κ3) is 3.18. The van der Waals surface area contributed by atoms with Gasteiger partial charge in [0, 0.05) is 5.56 Å². The first-order valence-electron chi connectivity index (χ1n) is 4.13. The van der Waals surface area contributed by atoms with Crippen LogP contribution in [-0.4, -0.2) is 19.0 Å². The molecule has 4 N–H and O–H groups in total. The molecule has 0 fully saturated rings. The molecule has 80 valence electrons. The van der Waals surface area contributed by atoms with E-state index in [1.807, 2.05) is 5.43 Å². The van der Waals surface area contributed by atoms with E-state index in [4.69, 9.17) is 10.5 Å². The number of carbonyl (C=O) groups excluding carboxylic acids is 2. The summed E-state index contributed by atoms with van der Waals surface area (Å²) in [7, 11) is 1.53. The Labute approximate surface area is 86.4 Å². The van der Waals surface area contributed by atoms with Crippen molar-refractivity contribution in [3.63, 3.8) is 0 Å². The summed E-state index contributed by atoms with van der Waals surface area (Å²) in [5, 5.41) is 0. The lowest BCUT2D eigenvalue weighted by molar-refractivity contribution is 0.0937. The monoisotopic (exact) mass is 209 g/mol. The van der Waals surface area contributed by atoms with Crippen LogP contribution in [0.15, 0.2) is 24.3 Å². The summed E-state index contributed by atoms with van der Waals surface area (Å²) in [5.41, 5.74) is 9.28. The van der Waals surface area contributed by atoms with E-state index in [-0.39, 0.29) is 0 Å². The Hall–Kier alpha value is -2.24. The van der Waals surface area contributed by atoms with Crippen LogP contribution in [0, 0.1) is 0 Å². The minimum atomic E-state index is -0.822. The minimum Gasteiger partial charge on any atom is -0.497 e. The normalized spacial score (nSPS) is 9.13. The summed E-state index contributed by atoms with van der Waals surface area (Å²) >= 11 is 0. The number of hydrazine groups is 1. The van der Waals surface area contributed by atoms with Crippen LogP contribution in [0.5, 0.6) is 5.75 Å². The van der Waals surface area contributed by atoms with Gasteiger partial charge in [0.1, 0.15) is 5.75 Å². The second-order valence-corrected chi connectivity index (χ2v) is 2.67. The van der Waals surface area contributed by atoms with Crippen molar-refractivity contribution in [2.45, 2.75) is 0 Å². The van der Waals surface area contributed by atoms with Crippen LogP contribution >= 0.6 is 0 Å². The summed E-state index contributed by atoms with van der Waals surface area (Å²) < 4.78 is 4.93. The fourth-order valence-corrected chi connectivity index (χ4v) is 0.933. The first-order valence-corrected chi connectivity index (χ1v) is 4.13. The van der Waals surface area contributed by atoms with Crippen molar-refractivity contribution in [3.05, 3.63) is 29.8 Å². The van der Waals surface area contributed by atoms with Crippen molar-refractivity contribution in [2.75, 3.05) is 7.11 Å². The smallest absolute Gasteiger partial charge is 0.330 e. The van der Waals surface area contributed by atoms with E-state index in [0.717, 1.165) is 0 Å². The molecule has 0 radical (unpaired) electrons. The van der Waals surface area contributed by atoms with E-state index in [0.29, 0.717) is 11.3 Å². The van der Waals surface area contributed by atoms with Gasteiger partial charge in [0.15, 0.2) is 0 Å². The van der Waals surface area contributed by atoms with Gasteiger partial charge in [-0.3, -0.25) is 10.2 Å². The Bertz CT molecular complexity index is 361. The molecular formula is C9H11N3O3. The molecule has 0 aliphatic heterocycles. The predicted octanol–water partition coefficient (Wildman–Crippen LogP) is 0.00830. The summed E-state index contributed by atoms with van der Waals surface area (Å²) in [5.74, 6) is 0.200. The van der Waals surface area contributed by atoms with E-state index >= 15 is 0 Å². The molecule has 0 saturated heterocycles. The lowest BCUT2D eigenvalue weighted by Crippen LogP contribution is -2.44. The number of ether oxygens (including phenoxy) is 1. The maximum absolute atomic E-state index is 11.3. The minimum absolute atomic E-state index is 0.393. The lowest BCUT2D eigenvalue weighted by atomic mass is 10.2. The van der Waals surface area contributed by atoms with Crippen LogP contribution in [0.25, 0.3) is 0 Å². The van der Waals surface area contributed by atoms with Gasteiger partial charge in [-0.1, -0.05) is 0 Å². The van der Waals surface area contributed by atoms with E-state index in [1.54, 1.807) is 24.3 Å². The molecule has 0 atom stereocenters. The summed E-state index contributed by atoms with van der Waals surface area (Å²) in [6.45, 7) is 0. The van der Waals surface area contributed by atoms with Gasteiger partial charge < -0.3 is 10.5 Å². The zero-order valence-corrected chi connectivity index (χ0v) is 8.11. The zero-order valence-electron chi connectivity index (χ0n) is 8.11. The molecule has 6 heteroatoms. The lowest BCUT2D eigenvalue weighted by Gasteiger charge is -2.05. The van der Waals surface area contributed by atoms with E-state index in [9.17, 15) is 9.59 Å². The van der Waals surface area contributed by atoms with Crippen molar-refractivity contribution in [1.29, 1.82) is 0 Å². The van der Waals surface area contributed by atoms with Gasteiger partial charge in [-0.25, -0.2) is 10.2 Å². The van der Waals surface area contributed by atoms with Crippen molar-refractivity contribution in [2.24, 2.45) is 5.73 Å². The fourth-order valence-electron chi connectivity index (χ4n) is 0.933. The van der Waals surface area contributed by atoms with Gasteiger partial charge in [-0.2, -0.15) is 0 Å². The van der Waals surface area contributed by atoms with Crippen molar-refractivity contribution >= 4 is 11.9 Å². The highest BCUT2D eigenvalue weighted by molar-refractivity contribution is 5.95. The standard InChI is InChI=1S/C9H11N3O3/c1-15-7-4-2-6(3-5-7)8(13)11-12-9(10)14/h2-5H,1H3,(H,11,13)(H3,10,12,14). The molecule has 0 aromatic heterocycles. The van der Waals surface area contributed by atoms with Crippen molar-refractivity contribution in [3.8, 4) is 5.75 Å². The Morgan fingerprint density at radius 2 is 1.80 bits per heavy atom. The molecule has 6 nitrogen and oxygen atoms in total. The molecule has 15 heavy (non-hydrogen) atoms. The molecule has 0 spiro atoms. The second-order valence-electron chi connectivity index (χ2n) is 2.67. The Kier molecular flexibility index (Phi) is 3.50. The highest BCUT2D eigenvalue weighted by Gasteiger charge is 2.05. The average Bonchev–Trinajstić information content (AvgIpc) is 2.26. The van der Waals surface area contributed by atoms with Crippen LogP contribution in [0.3, 0.4) is 0 Å². The average molecular weight is 209 g/mol. The highest BCUT2D eigenvalue weighted by atomic mass is 16.5. The molecule has 1 aromatic carbocycles. The van der Waals surface area contributed by atoms with Gasteiger partial charge >= 0.3 is 6.03 Å². The quantitative estimate of drug-likeness (QED) is 0.599. The zero-order chi connectivity index (χ0) is 11.3. The van der Waals surface area contributed by atoms with Crippen LogP contribution in [0.4, 0.5) is 4.79 Å². The van der Waals surface area contributed by atoms with Crippen molar-refractivity contribution < 1.29 is 14.3 Å². The number of primary amides is 1. The molecular weight excluding hydrogens is 198 g/mol.